The summed E-state index contributed by atoms with van der Waals surface area (Å²) in [7, 11) is 0. The first-order valence-electron chi connectivity index (χ1n) is 7.76. The molecule has 1 aromatic carbocycles. The van der Waals surface area contributed by atoms with Crippen molar-refractivity contribution in [2.24, 2.45) is 5.92 Å². The van der Waals surface area contributed by atoms with E-state index in [0.29, 0.717) is 17.4 Å². The van der Waals surface area contributed by atoms with Gasteiger partial charge in [-0.25, -0.2) is 9.97 Å². The number of likely N-dealkylation sites (tertiary alicyclic amines) is 1. The number of nitrogens with one attached hydrogen (secondary N) is 1. The van der Waals surface area contributed by atoms with E-state index < -0.39 is 0 Å². The van der Waals surface area contributed by atoms with Gasteiger partial charge in [-0.2, -0.15) is 0 Å². The van der Waals surface area contributed by atoms with E-state index in [0.717, 1.165) is 29.7 Å². The molecular formula is C17H19BrN4O. The van der Waals surface area contributed by atoms with Gasteiger partial charge in [-0.3, -0.25) is 4.79 Å². The number of hydrogen-bond acceptors (Lipinski definition) is 4. The maximum atomic E-state index is 12.5. The van der Waals surface area contributed by atoms with Crippen LogP contribution < -0.4 is 5.32 Å². The molecule has 1 atom stereocenters. The van der Waals surface area contributed by atoms with Crippen molar-refractivity contribution >= 4 is 33.5 Å². The molecule has 1 unspecified atom stereocenters. The number of benzene rings is 1. The second-order valence-electron chi connectivity index (χ2n) is 5.93. The molecule has 2 heterocycles. The standard InChI is InChI=1S/C17H19BrN4O/c1-12-3-2-8-22(11-12)16(23)13-9-19-17(20-10-13)21-15-6-4-14(18)5-7-15/h4-7,9-10,12H,2-3,8,11H2,1H3,(H,19,20,21). The Morgan fingerprint density at radius 2 is 1.96 bits per heavy atom. The van der Waals surface area contributed by atoms with E-state index in [9.17, 15) is 4.79 Å². The largest absolute Gasteiger partial charge is 0.338 e. The summed E-state index contributed by atoms with van der Waals surface area (Å²) >= 11 is 3.40. The highest BCUT2D eigenvalue weighted by Crippen LogP contribution is 2.19. The van der Waals surface area contributed by atoms with Crippen LogP contribution >= 0.6 is 15.9 Å². The summed E-state index contributed by atoms with van der Waals surface area (Å²) in [5, 5.41) is 3.12. The third kappa shape index (κ3) is 4.07. The molecule has 120 valence electrons. The molecule has 1 aromatic heterocycles. The second kappa shape index (κ2) is 7.08. The zero-order valence-corrected chi connectivity index (χ0v) is 14.6. The Hall–Kier alpha value is -1.95. The van der Waals surface area contributed by atoms with E-state index in [4.69, 9.17) is 0 Å². The number of halogens is 1. The SMILES string of the molecule is CC1CCCN(C(=O)c2cnc(Nc3ccc(Br)cc3)nc2)C1. The van der Waals surface area contributed by atoms with Crippen LogP contribution in [0.5, 0.6) is 0 Å². The molecule has 3 rings (SSSR count). The van der Waals surface area contributed by atoms with Crippen molar-refractivity contribution in [2.75, 3.05) is 18.4 Å². The number of aromatic nitrogens is 2. The molecule has 0 aliphatic carbocycles. The van der Waals surface area contributed by atoms with Crippen molar-refractivity contribution in [3.05, 3.63) is 46.7 Å². The summed E-state index contributed by atoms with van der Waals surface area (Å²) < 4.78 is 1.01. The lowest BCUT2D eigenvalue weighted by Crippen LogP contribution is -2.39. The van der Waals surface area contributed by atoms with Gasteiger partial charge in [0.15, 0.2) is 0 Å². The van der Waals surface area contributed by atoms with Gasteiger partial charge in [0.2, 0.25) is 5.95 Å². The molecule has 0 saturated carbocycles. The molecule has 0 radical (unpaired) electrons. The predicted molar refractivity (Wildman–Crippen MR) is 93.8 cm³/mol. The number of anilines is 2. The number of nitrogens with zero attached hydrogens (tertiary/aromatic N) is 3. The Bertz CT molecular complexity index is 672. The second-order valence-corrected chi connectivity index (χ2v) is 6.84. The van der Waals surface area contributed by atoms with Crippen LogP contribution in [0.3, 0.4) is 0 Å². The van der Waals surface area contributed by atoms with E-state index in [1.807, 2.05) is 29.2 Å². The third-order valence-electron chi connectivity index (χ3n) is 3.94. The van der Waals surface area contributed by atoms with Crippen molar-refractivity contribution in [1.29, 1.82) is 0 Å². The predicted octanol–water partition coefficient (Wildman–Crippen LogP) is 3.85. The fourth-order valence-corrected chi connectivity index (χ4v) is 2.99. The number of piperidine rings is 1. The molecule has 1 amide bonds. The number of amides is 1. The van der Waals surface area contributed by atoms with E-state index in [1.165, 1.54) is 6.42 Å². The minimum Gasteiger partial charge on any atom is -0.338 e. The molecule has 1 N–H and O–H groups in total. The number of carbonyl (C=O) groups excluding carboxylic acids is 1. The van der Waals surface area contributed by atoms with Crippen molar-refractivity contribution in [2.45, 2.75) is 19.8 Å². The first kappa shape index (κ1) is 15.9. The molecule has 0 spiro atoms. The van der Waals surface area contributed by atoms with E-state index in [2.05, 4.69) is 38.1 Å². The topological polar surface area (TPSA) is 58.1 Å². The Morgan fingerprint density at radius 3 is 2.61 bits per heavy atom. The van der Waals surface area contributed by atoms with Crippen LogP contribution in [-0.4, -0.2) is 33.9 Å². The molecule has 1 saturated heterocycles. The highest BCUT2D eigenvalue weighted by molar-refractivity contribution is 9.10. The first-order valence-corrected chi connectivity index (χ1v) is 8.55. The summed E-state index contributed by atoms with van der Waals surface area (Å²) in [5.74, 6) is 1.06. The average Bonchev–Trinajstić information content (AvgIpc) is 2.57. The molecule has 5 nitrogen and oxygen atoms in total. The van der Waals surface area contributed by atoms with Crippen LogP contribution in [-0.2, 0) is 0 Å². The molecule has 23 heavy (non-hydrogen) atoms. The lowest BCUT2D eigenvalue weighted by atomic mass is 10.00. The van der Waals surface area contributed by atoms with Gasteiger partial charge in [0.25, 0.3) is 5.91 Å². The van der Waals surface area contributed by atoms with Crippen molar-refractivity contribution in [3.63, 3.8) is 0 Å². The minimum absolute atomic E-state index is 0.0201. The third-order valence-corrected chi connectivity index (χ3v) is 4.47. The van der Waals surface area contributed by atoms with Gasteiger partial charge in [0.1, 0.15) is 0 Å². The van der Waals surface area contributed by atoms with Crippen LogP contribution in [0.1, 0.15) is 30.1 Å². The lowest BCUT2D eigenvalue weighted by Gasteiger charge is -2.30. The fraction of sp³-hybridized carbons (Fsp3) is 0.353. The summed E-state index contributed by atoms with van der Waals surface area (Å²) in [5.41, 5.74) is 1.44. The zero-order valence-electron chi connectivity index (χ0n) is 13.0. The summed E-state index contributed by atoms with van der Waals surface area (Å²) in [6.07, 6.45) is 5.44. The first-order chi connectivity index (χ1) is 11.1. The Balaban J connectivity index is 1.66. The Morgan fingerprint density at radius 1 is 1.26 bits per heavy atom. The molecule has 1 aliphatic rings. The number of carbonyl (C=O) groups is 1. The smallest absolute Gasteiger partial charge is 0.257 e. The van der Waals surface area contributed by atoms with E-state index >= 15 is 0 Å². The van der Waals surface area contributed by atoms with Gasteiger partial charge >= 0.3 is 0 Å². The maximum absolute atomic E-state index is 12.5. The van der Waals surface area contributed by atoms with Gasteiger partial charge in [0.05, 0.1) is 5.56 Å². The van der Waals surface area contributed by atoms with Gasteiger partial charge in [-0.1, -0.05) is 22.9 Å². The molecule has 6 heteroatoms. The van der Waals surface area contributed by atoms with Crippen LogP contribution in [0.15, 0.2) is 41.1 Å². The molecule has 0 bridgehead atoms. The van der Waals surface area contributed by atoms with Gasteiger partial charge in [-0.15, -0.1) is 0 Å². The van der Waals surface area contributed by atoms with Crippen LogP contribution in [0, 0.1) is 5.92 Å². The van der Waals surface area contributed by atoms with Crippen molar-refractivity contribution in [1.82, 2.24) is 14.9 Å². The zero-order chi connectivity index (χ0) is 16.2. The summed E-state index contributed by atoms with van der Waals surface area (Å²) in [6, 6.07) is 7.75. The number of hydrogen-bond donors (Lipinski definition) is 1. The Labute approximate surface area is 144 Å². The van der Waals surface area contributed by atoms with Crippen molar-refractivity contribution in [3.8, 4) is 0 Å². The van der Waals surface area contributed by atoms with Gasteiger partial charge in [0, 0.05) is 35.6 Å². The average molecular weight is 375 g/mol. The molecule has 1 aliphatic heterocycles. The monoisotopic (exact) mass is 374 g/mol. The van der Waals surface area contributed by atoms with Crippen molar-refractivity contribution < 1.29 is 4.79 Å². The van der Waals surface area contributed by atoms with Gasteiger partial charge < -0.3 is 10.2 Å². The molecule has 1 fully saturated rings. The minimum atomic E-state index is 0.0201. The van der Waals surface area contributed by atoms with Crippen LogP contribution in [0.2, 0.25) is 0 Å². The highest BCUT2D eigenvalue weighted by atomic mass is 79.9. The highest BCUT2D eigenvalue weighted by Gasteiger charge is 2.22. The Kier molecular flexibility index (Phi) is 4.91. The quantitative estimate of drug-likeness (QED) is 0.885. The summed E-state index contributed by atoms with van der Waals surface area (Å²) in [6.45, 7) is 3.82. The fourth-order valence-electron chi connectivity index (χ4n) is 2.72. The van der Waals surface area contributed by atoms with Crippen LogP contribution in [0.4, 0.5) is 11.6 Å². The van der Waals surface area contributed by atoms with E-state index in [-0.39, 0.29) is 5.91 Å². The van der Waals surface area contributed by atoms with Crippen LogP contribution in [0.25, 0.3) is 0 Å². The maximum Gasteiger partial charge on any atom is 0.257 e. The number of rotatable bonds is 3. The lowest BCUT2D eigenvalue weighted by molar-refractivity contribution is 0.0682. The molecule has 2 aromatic rings. The normalized spacial score (nSPS) is 17.8. The molecular weight excluding hydrogens is 356 g/mol. The van der Waals surface area contributed by atoms with E-state index in [1.54, 1.807) is 12.4 Å². The summed E-state index contributed by atoms with van der Waals surface area (Å²) in [4.78, 5) is 22.9. The van der Waals surface area contributed by atoms with Gasteiger partial charge in [-0.05, 0) is 43.0 Å².